The molecule has 0 fully saturated rings. The van der Waals surface area contributed by atoms with Gasteiger partial charge in [-0.15, -0.1) is 0 Å². The van der Waals surface area contributed by atoms with Crippen LogP contribution in [-0.2, 0) is 0 Å². The van der Waals surface area contributed by atoms with Gasteiger partial charge < -0.3 is 5.73 Å². The topological polar surface area (TPSA) is 38.9 Å². The van der Waals surface area contributed by atoms with Crippen LogP contribution in [0.5, 0.6) is 0 Å². The van der Waals surface area contributed by atoms with Crippen molar-refractivity contribution in [2.24, 2.45) is 5.73 Å². The van der Waals surface area contributed by atoms with Gasteiger partial charge in [-0.1, -0.05) is 6.92 Å². The number of hydrogen-bond acceptors (Lipinski definition) is 3. The molecule has 2 N–H and O–H groups in total. The Balaban J connectivity index is 2.47. The summed E-state index contributed by atoms with van der Waals surface area (Å²) in [5, 5.41) is 0. The lowest BCUT2D eigenvalue weighted by molar-refractivity contribution is 0.615. The molecule has 1 aromatic rings. The Morgan fingerprint density at radius 3 is 3.00 bits per heavy atom. The molecule has 1 unspecified atom stereocenters. The molecule has 0 saturated carbocycles. The van der Waals surface area contributed by atoms with Gasteiger partial charge in [-0.05, 0) is 23.8 Å². The van der Waals surface area contributed by atoms with Gasteiger partial charge in [-0.2, -0.15) is 11.8 Å². The van der Waals surface area contributed by atoms with E-state index in [1.165, 1.54) is 12.3 Å². The van der Waals surface area contributed by atoms with E-state index in [4.69, 9.17) is 5.73 Å². The molecule has 0 saturated heterocycles. The minimum atomic E-state index is -0.321. The second-order valence-electron chi connectivity index (χ2n) is 3.12. The predicted molar refractivity (Wildman–Crippen MR) is 58.7 cm³/mol. The van der Waals surface area contributed by atoms with E-state index < -0.39 is 0 Å². The van der Waals surface area contributed by atoms with Crippen LogP contribution in [0.1, 0.15) is 24.9 Å². The Morgan fingerprint density at radius 1 is 1.57 bits per heavy atom. The van der Waals surface area contributed by atoms with E-state index in [0.717, 1.165) is 23.5 Å². The third-order valence-electron chi connectivity index (χ3n) is 1.80. The zero-order valence-electron chi connectivity index (χ0n) is 8.24. The molecule has 4 heteroatoms. The molecular weight excluding hydrogens is 199 g/mol. The van der Waals surface area contributed by atoms with Crippen LogP contribution >= 0.6 is 11.8 Å². The highest BCUT2D eigenvalue weighted by Gasteiger charge is 2.06. The van der Waals surface area contributed by atoms with Gasteiger partial charge in [0.1, 0.15) is 5.82 Å². The van der Waals surface area contributed by atoms with E-state index >= 15 is 0 Å². The summed E-state index contributed by atoms with van der Waals surface area (Å²) in [6.07, 6.45) is 3.95. The quantitative estimate of drug-likeness (QED) is 0.765. The Labute approximate surface area is 88.1 Å². The van der Waals surface area contributed by atoms with Gasteiger partial charge in [0, 0.05) is 18.0 Å². The van der Waals surface area contributed by atoms with Crippen molar-refractivity contribution >= 4 is 11.8 Å². The number of thioether (sulfide) groups is 1. The Bertz CT molecular complexity index is 281. The molecule has 0 aliphatic heterocycles. The monoisotopic (exact) mass is 214 g/mol. The van der Waals surface area contributed by atoms with Gasteiger partial charge in [0.05, 0.1) is 6.20 Å². The summed E-state index contributed by atoms with van der Waals surface area (Å²) in [5.41, 5.74) is 6.65. The first kappa shape index (κ1) is 11.5. The highest BCUT2D eigenvalue weighted by molar-refractivity contribution is 7.99. The van der Waals surface area contributed by atoms with Gasteiger partial charge in [0.25, 0.3) is 0 Å². The number of pyridine rings is 1. The number of nitrogens with two attached hydrogens (primary N) is 1. The second-order valence-corrected chi connectivity index (χ2v) is 4.27. The van der Waals surface area contributed by atoms with Crippen LogP contribution in [0, 0.1) is 5.82 Å². The minimum Gasteiger partial charge on any atom is -0.323 e. The molecule has 0 aliphatic carbocycles. The molecule has 1 rings (SSSR count). The largest absolute Gasteiger partial charge is 0.323 e. The molecule has 0 aromatic carbocycles. The van der Waals surface area contributed by atoms with Crippen LogP contribution in [0.4, 0.5) is 4.39 Å². The van der Waals surface area contributed by atoms with Crippen LogP contribution in [0.25, 0.3) is 0 Å². The average Bonchev–Trinajstić information content (AvgIpc) is 2.18. The van der Waals surface area contributed by atoms with E-state index in [1.54, 1.807) is 18.0 Å². The number of hydrogen-bond donors (Lipinski definition) is 1. The average molecular weight is 214 g/mol. The highest BCUT2D eigenvalue weighted by atomic mass is 32.2. The number of rotatable bonds is 5. The van der Waals surface area contributed by atoms with Crippen molar-refractivity contribution in [3.05, 3.63) is 29.8 Å². The Morgan fingerprint density at radius 2 is 2.36 bits per heavy atom. The SMILES string of the molecule is CCCSCC(N)c1cncc(F)c1. The van der Waals surface area contributed by atoms with Gasteiger partial charge in [0.15, 0.2) is 0 Å². The van der Waals surface area contributed by atoms with E-state index in [9.17, 15) is 4.39 Å². The lowest BCUT2D eigenvalue weighted by atomic mass is 10.1. The second kappa shape index (κ2) is 5.98. The van der Waals surface area contributed by atoms with Crippen LogP contribution < -0.4 is 5.73 Å². The molecule has 78 valence electrons. The van der Waals surface area contributed by atoms with E-state index in [-0.39, 0.29) is 11.9 Å². The van der Waals surface area contributed by atoms with Crippen molar-refractivity contribution in [2.45, 2.75) is 19.4 Å². The van der Waals surface area contributed by atoms with Crippen molar-refractivity contribution < 1.29 is 4.39 Å². The fraction of sp³-hybridized carbons (Fsp3) is 0.500. The predicted octanol–water partition coefficient (Wildman–Crippen LogP) is 2.36. The van der Waals surface area contributed by atoms with Crippen molar-refractivity contribution in [3.8, 4) is 0 Å². The fourth-order valence-electron chi connectivity index (χ4n) is 1.08. The lowest BCUT2D eigenvalue weighted by Gasteiger charge is -2.10. The highest BCUT2D eigenvalue weighted by Crippen LogP contribution is 2.16. The Hall–Kier alpha value is -0.610. The third-order valence-corrected chi connectivity index (χ3v) is 3.09. The van der Waals surface area contributed by atoms with Crippen LogP contribution in [0.15, 0.2) is 18.5 Å². The van der Waals surface area contributed by atoms with Gasteiger partial charge in [-0.25, -0.2) is 4.39 Å². The summed E-state index contributed by atoms with van der Waals surface area (Å²) in [7, 11) is 0. The van der Waals surface area contributed by atoms with Gasteiger partial charge >= 0.3 is 0 Å². The normalized spacial score (nSPS) is 12.8. The first-order valence-corrected chi connectivity index (χ1v) is 5.83. The summed E-state index contributed by atoms with van der Waals surface area (Å²) >= 11 is 1.79. The van der Waals surface area contributed by atoms with Crippen molar-refractivity contribution in [2.75, 3.05) is 11.5 Å². The molecule has 0 bridgehead atoms. The Kier molecular flexibility index (Phi) is 4.90. The maximum absolute atomic E-state index is 12.8. The lowest BCUT2D eigenvalue weighted by Crippen LogP contribution is -2.13. The first-order valence-electron chi connectivity index (χ1n) is 4.67. The molecule has 0 aliphatic rings. The standard InChI is InChI=1S/C10H15FN2S/c1-2-3-14-7-10(12)8-4-9(11)6-13-5-8/h4-6,10H,2-3,7,12H2,1H3. The zero-order valence-corrected chi connectivity index (χ0v) is 9.06. The number of aromatic nitrogens is 1. The summed E-state index contributed by atoms with van der Waals surface area (Å²) in [5.74, 6) is 1.59. The maximum atomic E-state index is 12.8. The summed E-state index contributed by atoms with van der Waals surface area (Å²) in [6, 6.07) is 1.33. The first-order chi connectivity index (χ1) is 6.74. The van der Waals surface area contributed by atoms with Crippen molar-refractivity contribution in [3.63, 3.8) is 0 Å². The van der Waals surface area contributed by atoms with E-state index in [2.05, 4.69) is 11.9 Å². The van der Waals surface area contributed by atoms with Crippen LogP contribution in [0.2, 0.25) is 0 Å². The van der Waals surface area contributed by atoms with Gasteiger partial charge in [0.2, 0.25) is 0 Å². The maximum Gasteiger partial charge on any atom is 0.141 e. The zero-order chi connectivity index (χ0) is 10.4. The molecule has 2 nitrogen and oxygen atoms in total. The van der Waals surface area contributed by atoms with Crippen LogP contribution in [-0.4, -0.2) is 16.5 Å². The van der Waals surface area contributed by atoms with E-state index in [1.807, 2.05) is 0 Å². The molecule has 14 heavy (non-hydrogen) atoms. The summed E-state index contributed by atoms with van der Waals surface area (Å²) in [4.78, 5) is 3.77. The molecule has 0 amide bonds. The number of nitrogens with zero attached hydrogens (tertiary/aromatic N) is 1. The molecular formula is C10H15FN2S. The van der Waals surface area contributed by atoms with Crippen molar-refractivity contribution in [1.29, 1.82) is 0 Å². The summed E-state index contributed by atoms with van der Waals surface area (Å²) in [6.45, 7) is 2.13. The van der Waals surface area contributed by atoms with Crippen molar-refractivity contribution in [1.82, 2.24) is 4.98 Å². The molecule has 1 aromatic heterocycles. The number of halogens is 1. The molecule has 0 radical (unpaired) electrons. The fourth-order valence-corrected chi connectivity index (χ4v) is 1.98. The smallest absolute Gasteiger partial charge is 0.141 e. The summed E-state index contributed by atoms with van der Waals surface area (Å²) < 4.78 is 12.8. The van der Waals surface area contributed by atoms with E-state index in [0.29, 0.717) is 0 Å². The molecule has 0 spiro atoms. The molecule has 1 heterocycles. The third kappa shape index (κ3) is 3.64. The van der Waals surface area contributed by atoms with Crippen LogP contribution in [0.3, 0.4) is 0 Å². The van der Waals surface area contributed by atoms with Gasteiger partial charge in [-0.3, -0.25) is 4.98 Å². The molecule has 1 atom stereocenters. The minimum absolute atomic E-state index is 0.116.